The summed E-state index contributed by atoms with van der Waals surface area (Å²) in [5.41, 5.74) is 0.694. The smallest absolute Gasteiger partial charge is 0.255 e. The number of hydrogen-bond donors (Lipinski definition) is 2. The topological polar surface area (TPSA) is 58.6 Å². The van der Waals surface area contributed by atoms with Gasteiger partial charge in [0.05, 0.1) is 12.8 Å². The van der Waals surface area contributed by atoms with Crippen molar-refractivity contribution < 1.29 is 14.6 Å². The first kappa shape index (κ1) is 13.2. The van der Waals surface area contributed by atoms with Crippen LogP contribution in [0.15, 0.2) is 42.5 Å². The van der Waals surface area contributed by atoms with Crippen molar-refractivity contribution >= 4 is 23.2 Å². The van der Waals surface area contributed by atoms with Gasteiger partial charge in [0.2, 0.25) is 0 Å². The number of aromatic hydroxyl groups is 1. The van der Waals surface area contributed by atoms with Crippen molar-refractivity contribution in [2.45, 2.75) is 0 Å². The highest BCUT2D eigenvalue weighted by atomic mass is 35.5. The molecule has 0 heterocycles. The van der Waals surface area contributed by atoms with E-state index in [1.54, 1.807) is 24.3 Å². The molecule has 0 aliphatic heterocycles. The van der Waals surface area contributed by atoms with Crippen molar-refractivity contribution in [1.29, 1.82) is 0 Å². The molecule has 19 heavy (non-hydrogen) atoms. The number of methoxy groups -OCH3 is 1. The Morgan fingerprint density at radius 1 is 1.26 bits per heavy atom. The molecule has 0 aliphatic carbocycles. The second-order valence-corrected chi connectivity index (χ2v) is 4.28. The first-order chi connectivity index (χ1) is 9.10. The van der Waals surface area contributed by atoms with Gasteiger partial charge >= 0.3 is 0 Å². The molecule has 0 unspecified atom stereocenters. The summed E-state index contributed by atoms with van der Waals surface area (Å²) in [4.78, 5) is 12.0. The third-order valence-corrected chi connectivity index (χ3v) is 2.77. The van der Waals surface area contributed by atoms with E-state index in [1.165, 1.54) is 25.3 Å². The van der Waals surface area contributed by atoms with E-state index in [0.29, 0.717) is 16.3 Å². The van der Waals surface area contributed by atoms with E-state index in [2.05, 4.69) is 5.32 Å². The molecule has 0 saturated heterocycles. The molecule has 0 radical (unpaired) electrons. The molecule has 1 amide bonds. The summed E-state index contributed by atoms with van der Waals surface area (Å²) < 4.78 is 5.05. The van der Waals surface area contributed by atoms with Crippen molar-refractivity contribution in [1.82, 2.24) is 0 Å². The van der Waals surface area contributed by atoms with Gasteiger partial charge in [-0.25, -0.2) is 0 Å². The molecule has 0 atom stereocenters. The van der Waals surface area contributed by atoms with Gasteiger partial charge in [0.15, 0.2) is 0 Å². The van der Waals surface area contributed by atoms with Crippen molar-refractivity contribution in [3.63, 3.8) is 0 Å². The minimum Gasteiger partial charge on any atom is -0.506 e. The Bertz CT molecular complexity index is 613. The van der Waals surface area contributed by atoms with Crippen LogP contribution in [0, 0.1) is 0 Å². The highest BCUT2D eigenvalue weighted by Gasteiger charge is 2.10. The highest BCUT2D eigenvalue weighted by molar-refractivity contribution is 6.31. The summed E-state index contributed by atoms with van der Waals surface area (Å²) in [7, 11) is 1.53. The zero-order valence-electron chi connectivity index (χ0n) is 10.2. The monoisotopic (exact) mass is 277 g/mol. The number of carbonyl (C=O) groups excluding carboxylic acids is 1. The van der Waals surface area contributed by atoms with Crippen LogP contribution in [0.2, 0.25) is 5.02 Å². The van der Waals surface area contributed by atoms with E-state index in [1.807, 2.05) is 0 Å². The Kier molecular flexibility index (Phi) is 3.92. The number of hydrogen-bond acceptors (Lipinski definition) is 3. The van der Waals surface area contributed by atoms with E-state index in [9.17, 15) is 9.90 Å². The Balaban J connectivity index is 2.22. The predicted molar refractivity (Wildman–Crippen MR) is 74.1 cm³/mol. The summed E-state index contributed by atoms with van der Waals surface area (Å²) >= 11 is 5.81. The first-order valence-electron chi connectivity index (χ1n) is 5.54. The summed E-state index contributed by atoms with van der Waals surface area (Å²) in [6, 6.07) is 11.2. The van der Waals surface area contributed by atoms with Crippen LogP contribution >= 0.6 is 11.6 Å². The summed E-state index contributed by atoms with van der Waals surface area (Å²) in [6.45, 7) is 0. The molecule has 0 saturated carbocycles. The quantitative estimate of drug-likeness (QED) is 0.846. The third-order valence-electron chi connectivity index (χ3n) is 2.54. The number of benzene rings is 2. The Morgan fingerprint density at radius 2 is 2.05 bits per heavy atom. The van der Waals surface area contributed by atoms with Crippen LogP contribution < -0.4 is 10.1 Å². The third kappa shape index (κ3) is 3.17. The van der Waals surface area contributed by atoms with Crippen LogP contribution in [0.3, 0.4) is 0 Å². The van der Waals surface area contributed by atoms with Crippen LogP contribution in [-0.4, -0.2) is 18.1 Å². The van der Waals surface area contributed by atoms with Crippen molar-refractivity contribution in [2.75, 3.05) is 12.4 Å². The van der Waals surface area contributed by atoms with Crippen LogP contribution in [-0.2, 0) is 0 Å². The second kappa shape index (κ2) is 5.63. The fourth-order valence-electron chi connectivity index (χ4n) is 1.57. The van der Waals surface area contributed by atoms with Crippen molar-refractivity contribution in [2.24, 2.45) is 0 Å². The minimum absolute atomic E-state index is 0.0411. The average Bonchev–Trinajstić information content (AvgIpc) is 2.43. The largest absolute Gasteiger partial charge is 0.506 e. The lowest BCUT2D eigenvalue weighted by atomic mass is 10.2. The average molecular weight is 278 g/mol. The van der Waals surface area contributed by atoms with Gasteiger partial charge in [-0.1, -0.05) is 17.7 Å². The van der Waals surface area contributed by atoms with Crippen LogP contribution in [0.4, 0.5) is 5.69 Å². The maximum absolute atomic E-state index is 12.0. The van der Waals surface area contributed by atoms with Crippen LogP contribution in [0.5, 0.6) is 11.5 Å². The molecule has 2 aromatic carbocycles. The van der Waals surface area contributed by atoms with E-state index >= 15 is 0 Å². The lowest BCUT2D eigenvalue weighted by Gasteiger charge is -2.08. The van der Waals surface area contributed by atoms with Crippen LogP contribution in [0.25, 0.3) is 0 Å². The van der Waals surface area contributed by atoms with Gasteiger partial charge in [-0.05, 0) is 36.4 Å². The highest BCUT2D eigenvalue weighted by Crippen LogP contribution is 2.27. The number of rotatable bonds is 3. The van der Waals surface area contributed by atoms with Gasteiger partial charge in [-0.15, -0.1) is 0 Å². The standard InChI is InChI=1S/C14H12ClNO3/c1-19-11-4-2-3-9(7-11)14(18)16-12-8-10(15)5-6-13(12)17/h2-8,17H,1H3,(H,16,18). The van der Waals surface area contributed by atoms with E-state index in [4.69, 9.17) is 16.3 Å². The SMILES string of the molecule is COc1cccc(C(=O)Nc2cc(Cl)ccc2O)c1. The number of halogens is 1. The molecule has 4 nitrogen and oxygen atoms in total. The van der Waals surface area contributed by atoms with Gasteiger partial charge < -0.3 is 15.2 Å². The summed E-state index contributed by atoms with van der Waals surface area (Å²) in [6.07, 6.45) is 0. The molecule has 0 aliphatic rings. The van der Waals surface area contributed by atoms with Gasteiger partial charge in [-0.2, -0.15) is 0 Å². The lowest BCUT2D eigenvalue weighted by Crippen LogP contribution is -2.12. The fraction of sp³-hybridized carbons (Fsp3) is 0.0714. The molecular weight excluding hydrogens is 266 g/mol. The zero-order chi connectivity index (χ0) is 13.8. The number of nitrogens with one attached hydrogen (secondary N) is 1. The molecule has 0 bridgehead atoms. The zero-order valence-corrected chi connectivity index (χ0v) is 10.9. The van der Waals surface area contributed by atoms with E-state index < -0.39 is 0 Å². The van der Waals surface area contributed by atoms with Crippen molar-refractivity contribution in [3.05, 3.63) is 53.1 Å². The lowest BCUT2D eigenvalue weighted by molar-refractivity contribution is 0.102. The minimum atomic E-state index is -0.350. The van der Waals surface area contributed by atoms with Gasteiger partial charge in [0.25, 0.3) is 5.91 Å². The number of ether oxygens (including phenoxy) is 1. The molecule has 0 spiro atoms. The number of phenolic OH excluding ortho intramolecular Hbond substituents is 1. The van der Waals surface area contributed by atoms with Crippen LogP contribution in [0.1, 0.15) is 10.4 Å². The Labute approximate surface area is 115 Å². The van der Waals surface area contributed by atoms with Crippen molar-refractivity contribution in [3.8, 4) is 11.5 Å². The molecule has 5 heteroatoms. The maximum Gasteiger partial charge on any atom is 0.255 e. The molecule has 2 rings (SSSR count). The van der Waals surface area contributed by atoms with E-state index in [-0.39, 0.29) is 17.3 Å². The molecule has 2 N–H and O–H groups in total. The first-order valence-corrected chi connectivity index (χ1v) is 5.92. The molecule has 0 aromatic heterocycles. The second-order valence-electron chi connectivity index (χ2n) is 3.85. The predicted octanol–water partition coefficient (Wildman–Crippen LogP) is 3.31. The molecule has 98 valence electrons. The molecule has 2 aromatic rings. The normalized spacial score (nSPS) is 10.0. The maximum atomic E-state index is 12.0. The number of carbonyl (C=O) groups is 1. The molecular formula is C14H12ClNO3. The van der Waals surface area contributed by atoms with Gasteiger partial charge in [-0.3, -0.25) is 4.79 Å². The Hall–Kier alpha value is -2.20. The number of anilines is 1. The number of amides is 1. The van der Waals surface area contributed by atoms with Gasteiger partial charge in [0, 0.05) is 10.6 Å². The fourth-order valence-corrected chi connectivity index (χ4v) is 1.74. The van der Waals surface area contributed by atoms with Gasteiger partial charge in [0.1, 0.15) is 11.5 Å². The Morgan fingerprint density at radius 3 is 2.79 bits per heavy atom. The summed E-state index contributed by atoms with van der Waals surface area (Å²) in [5, 5.41) is 12.7. The van der Waals surface area contributed by atoms with E-state index in [0.717, 1.165) is 0 Å². The molecule has 0 fully saturated rings. The summed E-state index contributed by atoms with van der Waals surface area (Å²) in [5.74, 6) is 0.195. The number of phenols is 1.